The molecule has 0 aliphatic rings. The number of rotatable bonds is 3. The Balaban J connectivity index is 1.83. The first-order chi connectivity index (χ1) is 13.3. The first-order valence-electron chi connectivity index (χ1n) is 8.43. The molecule has 5 nitrogen and oxygen atoms in total. The summed E-state index contributed by atoms with van der Waals surface area (Å²) >= 11 is 0. The minimum absolute atomic E-state index is 0.0441. The molecule has 4 aromatic rings. The van der Waals surface area contributed by atoms with E-state index in [1.807, 2.05) is 0 Å². The van der Waals surface area contributed by atoms with Crippen LogP contribution >= 0.6 is 0 Å². The molecule has 0 radical (unpaired) electrons. The second-order valence-electron chi connectivity index (χ2n) is 6.83. The van der Waals surface area contributed by atoms with Crippen molar-refractivity contribution >= 4 is 5.65 Å². The van der Waals surface area contributed by atoms with Crippen LogP contribution in [0.3, 0.4) is 0 Å². The lowest BCUT2D eigenvalue weighted by atomic mass is 9.99. The highest BCUT2D eigenvalue weighted by atomic mass is 19.2. The van der Waals surface area contributed by atoms with Gasteiger partial charge in [-0.2, -0.15) is 0 Å². The Labute approximate surface area is 158 Å². The maximum atomic E-state index is 14.8. The average Bonchev–Trinajstić information content (AvgIpc) is 3.08. The molecule has 0 spiro atoms. The zero-order chi connectivity index (χ0) is 20.1. The third-order valence-electron chi connectivity index (χ3n) is 4.37. The third-order valence-corrected chi connectivity index (χ3v) is 4.37. The van der Waals surface area contributed by atoms with Crippen molar-refractivity contribution < 1.29 is 18.3 Å². The molecule has 0 amide bonds. The van der Waals surface area contributed by atoms with Gasteiger partial charge in [0.05, 0.1) is 23.2 Å². The van der Waals surface area contributed by atoms with Crippen LogP contribution in [0.2, 0.25) is 0 Å². The molecule has 8 heteroatoms. The van der Waals surface area contributed by atoms with E-state index in [9.17, 15) is 18.3 Å². The normalized spacial score (nSPS) is 11.9. The predicted molar refractivity (Wildman–Crippen MR) is 96.8 cm³/mol. The summed E-state index contributed by atoms with van der Waals surface area (Å²) < 4.78 is 43.0. The summed E-state index contributed by atoms with van der Waals surface area (Å²) in [5.41, 5.74) is 0.0437. The summed E-state index contributed by atoms with van der Waals surface area (Å²) in [4.78, 5) is 12.6. The van der Waals surface area contributed by atoms with E-state index >= 15 is 0 Å². The second-order valence-corrected chi connectivity index (χ2v) is 6.83. The van der Waals surface area contributed by atoms with E-state index in [-0.39, 0.29) is 17.0 Å². The topological polar surface area (TPSA) is 63.3 Å². The van der Waals surface area contributed by atoms with Gasteiger partial charge in [0.2, 0.25) is 0 Å². The van der Waals surface area contributed by atoms with Crippen LogP contribution in [0.15, 0.2) is 48.9 Å². The molecular weight excluding hydrogens is 369 g/mol. The van der Waals surface area contributed by atoms with E-state index < -0.39 is 23.1 Å². The first kappa shape index (κ1) is 18.1. The van der Waals surface area contributed by atoms with E-state index in [0.29, 0.717) is 17.0 Å². The van der Waals surface area contributed by atoms with E-state index in [4.69, 9.17) is 0 Å². The predicted octanol–water partition coefficient (Wildman–Crippen LogP) is 4.10. The van der Waals surface area contributed by atoms with Gasteiger partial charge >= 0.3 is 0 Å². The van der Waals surface area contributed by atoms with Crippen molar-refractivity contribution in [1.29, 1.82) is 0 Å². The SMILES string of the molecule is CC(C)(O)c1ccn2c(-c3ccnc(-c4ccc(F)c(F)c4)n3)cnc2c1F. The summed E-state index contributed by atoms with van der Waals surface area (Å²) in [6, 6.07) is 6.47. The Bertz CT molecular complexity index is 1200. The molecule has 0 atom stereocenters. The van der Waals surface area contributed by atoms with Crippen molar-refractivity contribution in [3.8, 4) is 22.8 Å². The van der Waals surface area contributed by atoms with E-state index in [2.05, 4.69) is 15.0 Å². The summed E-state index contributed by atoms with van der Waals surface area (Å²) in [6.07, 6.45) is 4.51. The molecule has 3 heterocycles. The molecule has 0 bridgehead atoms. The Hall–Kier alpha value is -3.26. The van der Waals surface area contributed by atoms with Crippen LogP contribution in [0.1, 0.15) is 19.4 Å². The number of halogens is 3. The van der Waals surface area contributed by atoms with Crippen molar-refractivity contribution in [3.63, 3.8) is 0 Å². The lowest BCUT2D eigenvalue weighted by Gasteiger charge is -2.18. The monoisotopic (exact) mass is 384 g/mol. The maximum Gasteiger partial charge on any atom is 0.174 e. The van der Waals surface area contributed by atoms with Crippen molar-refractivity contribution in [2.45, 2.75) is 19.4 Å². The van der Waals surface area contributed by atoms with Gasteiger partial charge < -0.3 is 5.11 Å². The number of fused-ring (bicyclic) bond motifs is 1. The zero-order valence-corrected chi connectivity index (χ0v) is 15.0. The summed E-state index contributed by atoms with van der Waals surface area (Å²) in [6.45, 7) is 2.98. The number of hydrogen-bond donors (Lipinski definition) is 1. The Morgan fingerprint density at radius 2 is 1.79 bits per heavy atom. The van der Waals surface area contributed by atoms with Gasteiger partial charge in [0, 0.05) is 23.5 Å². The number of pyridine rings is 1. The van der Waals surface area contributed by atoms with Crippen LogP contribution in [-0.2, 0) is 5.60 Å². The first-order valence-corrected chi connectivity index (χ1v) is 8.43. The van der Waals surface area contributed by atoms with Crippen LogP contribution in [0.5, 0.6) is 0 Å². The van der Waals surface area contributed by atoms with Crippen molar-refractivity contribution in [2.75, 3.05) is 0 Å². The van der Waals surface area contributed by atoms with Gasteiger partial charge in [0.15, 0.2) is 28.9 Å². The molecule has 142 valence electrons. The average molecular weight is 384 g/mol. The smallest absolute Gasteiger partial charge is 0.174 e. The fraction of sp³-hybridized carbons (Fsp3) is 0.150. The van der Waals surface area contributed by atoms with Crippen LogP contribution in [0.4, 0.5) is 13.2 Å². The molecule has 4 rings (SSSR count). The standard InChI is InChI=1S/C20H15F3N4O/c1-20(2,28)12-6-8-27-16(10-25-19(27)17(12)23)15-5-7-24-18(26-15)11-3-4-13(21)14(22)9-11/h3-10,28H,1-2H3. The van der Waals surface area contributed by atoms with Crippen molar-refractivity contribution in [3.05, 3.63) is 71.9 Å². The third kappa shape index (κ3) is 3.01. The minimum atomic E-state index is -1.35. The number of imidazole rings is 1. The van der Waals surface area contributed by atoms with Crippen LogP contribution < -0.4 is 0 Å². The van der Waals surface area contributed by atoms with Gasteiger partial charge in [0.1, 0.15) is 0 Å². The second kappa shape index (κ2) is 6.42. The molecule has 1 N–H and O–H groups in total. The Morgan fingerprint density at radius 1 is 1.00 bits per heavy atom. The van der Waals surface area contributed by atoms with Crippen LogP contribution in [0.25, 0.3) is 28.4 Å². The minimum Gasteiger partial charge on any atom is -0.386 e. The number of benzene rings is 1. The van der Waals surface area contributed by atoms with Crippen LogP contribution in [0, 0.1) is 17.5 Å². The highest BCUT2D eigenvalue weighted by Gasteiger charge is 2.24. The molecule has 0 saturated carbocycles. The van der Waals surface area contributed by atoms with E-state index in [1.54, 1.807) is 12.3 Å². The molecule has 0 fully saturated rings. The zero-order valence-electron chi connectivity index (χ0n) is 15.0. The highest BCUT2D eigenvalue weighted by Crippen LogP contribution is 2.28. The number of aromatic nitrogens is 4. The molecule has 0 aliphatic heterocycles. The fourth-order valence-electron chi connectivity index (χ4n) is 2.95. The van der Waals surface area contributed by atoms with E-state index in [0.717, 1.165) is 12.1 Å². The van der Waals surface area contributed by atoms with Gasteiger partial charge in [0.25, 0.3) is 0 Å². The maximum absolute atomic E-state index is 14.8. The lowest BCUT2D eigenvalue weighted by Crippen LogP contribution is -2.18. The van der Waals surface area contributed by atoms with Gasteiger partial charge in [-0.1, -0.05) is 0 Å². The molecular formula is C20H15F3N4O. The largest absolute Gasteiger partial charge is 0.386 e. The molecule has 0 unspecified atom stereocenters. The molecule has 0 aliphatic carbocycles. The molecule has 1 aromatic carbocycles. The highest BCUT2D eigenvalue weighted by molar-refractivity contribution is 5.64. The van der Waals surface area contributed by atoms with E-state index in [1.165, 1.54) is 42.8 Å². The van der Waals surface area contributed by atoms with Crippen molar-refractivity contribution in [2.24, 2.45) is 0 Å². The Kier molecular flexibility index (Phi) is 4.15. The summed E-state index contributed by atoms with van der Waals surface area (Å²) in [5.74, 6) is -2.39. The molecule has 3 aromatic heterocycles. The van der Waals surface area contributed by atoms with Gasteiger partial charge in [-0.3, -0.25) is 4.40 Å². The fourth-order valence-corrected chi connectivity index (χ4v) is 2.95. The summed E-state index contributed by atoms with van der Waals surface area (Å²) in [5, 5.41) is 10.1. The van der Waals surface area contributed by atoms with Gasteiger partial charge in [-0.05, 0) is 44.2 Å². The van der Waals surface area contributed by atoms with Gasteiger partial charge in [-0.15, -0.1) is 0 Å². The molecule has 0 saturated heterocycles. The molecule has 28 heavy (non-hydrogen) atoms. The van der Waals surface area contributed by atoms with Crippen molar-refractivity contribution in [1.82, 2.24) is 19.4 Å². The Morgan fingerprint density at radius 3 is 2.50 bits per heavy atom. The lowest BCUT2D eigenvalue weighted by molar-refractivity contribution is 0.0746. The number of aliphatic hydroxyl groups is 1. The number of nitrogens with zero attached hydrogens (tertiary/aromatic N) is 4. The van der Waals surface area contributed by atoms with Crippen LogP contribution in [-0.4, -0.2) is 24.5 Å². The summed E-state index contributed by atoms with van der Waals surface area (Å²) in [7, 11) is 0. The number of hydrogen-bond acceptors (Lipinski definition) is 4. The quantitative estimate of drug-likeness (QED) is 0.578. The van der Waals surface area contributed by atoms with Gasteiger partial charge in [-0.25, -0.2) is 28.1 Å².